The Hall–Kier alpha value is -1.20. The molecule has 0 aliphatic rings. The zero-order chi connectivity index (χ0) is 18.6. The normalized spacial score (nSPS) is 9.96. The van der Waals surface area contributed by atoms with Gasteiger partial charge in [-0.2, -0.15) is 0 Å². The number of methoxy groups -OCH3 is 1. The highest BCUT2D eigenvalue weighted by Gasteiger charge is 2.12. The minimum Gasteiger partial charge on any atom is -0.493 e. The van der Waals surface area contributed by atoms with Gasteiger partial charge in [-0.3, -0.25) is 4.98 Å². The van der Waals surface area contributed by atoms with E-state index < -0.39 is 0 Å². The molecule has 158 valence electrons. The molecule has 4 nitrogen and oxygen atoms in total. The maximum absolute atomic E-state index is 6.43. The van der Waals surface area contributed by atoms with Gasteiger partial charge in [0.1, 0.15) is 6.61 Å². The molecular weight excluding hydrogens is 419 g/mol. The van der Waals surface area contributed by atoms with Gasteiger partial charge in [-0.15, -0.1) is 24.8 Å². The molecular formula is C21H31Cl3N2O2. The second-order valence-corrected chi connectivity index (χ2v) is 6.76. The lowest BCUT2D eigenvalue weighted by molar-refractivity contribution is 0.284. The summed E-state index contributed by atoms with van der Waals surface area (Å²) >= 11 is 6.43. The van der Waals surface area contributed by atoms with Crippen LogP contribution in [0.25, 0.3) is 0 Å². The maximum atomic E-state index is 6.43. The molecule has 0 unspecified atom stereocenters. The molecule has 0 aliphatic carbocycles. The molecule has 1 N–H and O–H groups in total. The van der Waals surface area contributed by atoms with Crippen LogP contribution in [-0.2, 0) is 13.2 Å². The summed E-state index contributed by atoms with van der Waals surface area (Å²) in [6.07, 6.45) is 9.93. The van der Waals surface area contributed by atoms with E-state index in [9.17, 15) is 0 Å². The number of benzene rings is 1. The molecule has 2 rings (SSSR count). The van der Waals surface area contributed by atoms with Crippen molar-refractivity contribution in [2.24, 2.45) is 0 Å². The summed E-state index contributed by atoms with van der Waals surface area (Å²) in [5, 5.41) is 4.03. The second kappa shape index (κ2) is 15.7. The summed E-state index contributed by atoms with van der Waals surface area (Å²) < 4.78 is 11.3. The molecule has 7 heteroatoms. The number of unbranched alkanes of at least 4 members (excludes halogenated alkanes) is 4. The third-order valence-corrected chi connectivity index (χ3v) is 4.46. The first-order valence-corrected chi connectivity index (χ1v) is 9.71. The van der Waals surface area contributed by atoms with Crippen LogP contribution in [0.5, 0.6) is 11.5 Å². The van der Waals surface area contributed by atoms with E-state index in [0.717, 1.165) is 24.2 Å². The van der Waals surface area contributed by atoms with Crippen molar-refractivity contribution in [2.75, 3.05) is 13.7 Å². The summed E-state index contributed by atoms with van der Waals surface area (Å²) in [6, 6.07) is 7.77. The lowest BCUT2D eigenvalue weighted by Crippen LogP contribution is -2.14. The number of pyridine rings is 1. The van der Waals surface area contributed by atoms with Crippen molar-refractivity contribution < 1.29 is 9.47 Å². The van der Waals surface area contributed by atoms with Gasteiger partial charge in [-0.25, -0.2) is 0 Å². The number of rotatable bonds is 12. The fraction of sp³-hybridized carbons (Fsp3) is 0.476. The Kier molecular flexibility index (Phi) is 15.0. The highest BCUT2D eigenvalue weighted by molar-refractivity contribution is 6.32. The fourth-order valence-corrected chi connectivity index (χ4v) is 3.03. The van der Waals surface area contributed by atoms with Gasteiger partial charge >= 0.3 is 0 Å². The van der Waals surface area contributed by atoms with Crippen molar-refractivity contribution in [2.45, 2.75) is 52.2 Å². The van der Waals surface area contributed by atoms with Gasteiger partial charge in [0.2, 0.25) is 0 Å². The average Bonchev–Trinajstić information content (AvgIpc) is 2.67. The Morgan fingerprint density at radius 1 is 1.07 bits per heavy atom. The van der Waals surface area contributed by atoms with Gasteiger partial charge < -0.3 is 14.8 Å². The third-order valence-electron chi connectivity index (χ3n) is 4.18. The minimum absolute atomic E-state index is 0. The van der Waals surface area contributed by atoms with Gasteiger partial charge in [0.05, 0.1) is 12.1 Å². The average molecular weight is 450 g/mol. The van der Waals surface area contributed by atoms with Gasteiger partial charge in [0.15, 0.2) is 11.5 Å². The fourth-order valence-electron chi connectivity index (χ4n) is 2.74. The maximum Gasteiger partial charge on any atom is 0.180 e. The van der Waals surface area contributed by atoms with E-state index in [1.54, 1.807) is 19.5 Å². The number of hydrogen-bond acceptors (Lipinski definition) is 4. The summed E-state index contributed by atoms with van der Waals surface area (Å²) in [7, 11) is 1.63. The highest BCUT2D eigenvalue weighted by atomic mass is 35.5. The molecule has 1 aromatic heterocycles. The van der Waals surface area contributed by atoms with E-state index in [-0.39, 0.29) is 24.8 Å². The molecule has 0 aliphatic heterocycles. The van der Waals surface area contributed by atoms with E-state index in [2.05, 4.69) is 17.2 Å². The standard InChI is InChI=1S/C21H29ClN2O2.2ClH/c1-3-4-5-6-7-10-23-15-18-12-19(22)21(20(13-18)25-2)26-16-17-9-8-11-24-14-17;;/h8-9,11-14,23H,3-7,10,15-16H2,1-2H3;2*1H. The second-order valence-electron chi connectivity index (χ2n) is 6.35. The molecule has 2 aromatic rings. The Morgan fingerprint density at radius 3 is 2.54 bits per heavy atom. The highest BCUT2D eigenvalue weighted by Crippen LogP contribution is 2.36. The Balaban J connectivity index is 0.00000364. The molecule has 1 heterocycles. The van der Waals surface area contributed by atoms with Gasteiger partial charge in [-0.1, -0.05) is 50.3 Å². The molecule has 1 aromatic carbocycles. The molecule has 0 atom stereocenters. The minimum atomic E-state index is 0. The largest absolute Gasteiger partial charge is 0.493 e. The van der Waals surface area contributed by atoms with Crippen LogP contribution in [0, 0.1) is 0 Å². The lowest BCUT2D eigenvalue weighted by Gasteiger charge is -2.14. The lowest BCUT2D eigenvalue weighted by atomic mass is 10.1. The Morgan fingerprint density at radius 2 is 1.86 bits per heavy atom. The number of nitrogens with zero attached hydrogens (tertiary/aromatic N) is 1. The number of ether oxygens (including phenoxy) is 2. The van der Waals surface area contributed by atoms with Crippen LogP contribution >= 0.6 is 36.4 Å². The van der Waals surface area contributed by atoms with Gasteiger partial charge in [0.25, 0.3) is 0 Å². The number of halogens is 3. The van der Waals surface area contributed by atoms with E-state index in [0.29, 0.717) is 23.1 Å². The quantitative estimate of drug-likeness (QED) is 0.390. The first-order valence-electron chi connectivity index (χ1n) is 9.33. The summed E-state index contributed by atoms with van der Waals surface area (Å²) in [5.74, 6) is 1.22. The van der Waals surface area contributed by atoms with Crippen LogP contribution in [0.4, 0.5) is 0 Å². The van der Waals surface area contributed by atoms with Crippen LogP contribution in [0.15, 0.2) is 36.7 Å². The van der Waals surface area contributed by atoms with Crippen molar-refractivity contribution in [1.82, 2.24) is 10.3 Å². The van der Waals surface area contributed by atoms with Crippen LogP contribution in [-0.4, -0.2) is 18.6 Å². The zero-order valence-corrected chi connectivity index (χ0v) is 19.0. The van der Waals surface area contributed by atoms with Crippen molar-refractivity contribution in [3.8, 4) is 11.5 Å². The van der Waals surface area contributed by atoms with Gasteiger partial charge in [-0.05, 0) is 36.7 Å². The van der Waals surface area contributed by atoms with Crippen LogP contribution in [0.2, 0.25) is 5.02 Å². The first-order chi connectivity index (χ1) is 12.7. The van der Waals surface area contributed by atoms with Crippen LogP contribution in [0.3, 0.4) is 0 Å². The van der Waals surface area contributed by atoms with E-state index in [1.165, 1.54) is 32.1 Å². The molecule has 0 fully saturated rings. The number of aromatic nitrogens is 1. The molecule has 0 saturated carbocycles. The van der Waals surface area contributed by atoms with Crippen LogP contribution < -0.4 is 14.8 Å². The predicted octanol–water partition coefficient (Wildman–Crippen LogP) is 6.23. The third kappa shape index (κ3) is 9.33. The zero-order valence-electron chi connectivity index (χ0n) is 16.6. The van der Waals surface area contributed by atoms with Crippen molar-refractivity contribution in [3.63, 3.8) is 0 Å². The van der Waals surface area contributed by atoms with Crippen molar-refractivity contribution >= 4 is 36.4 Å². The SMILES string of the molecule is CCCCCCCNCc1cc(Cl)c(OCc2cccnc2)c(OC)c1.Cl.Cl. The summed E-state index contributed by atoms with van der Waals surface area (Å²) in [5.41, 5.74) is 2.08. The van der Waals surface area contributed by atoms with Gasteiger partial charge in [0, 0.05) is 24.5 Å². The summed E-state index contributed by atoms with van der Waals surface area (Å²) in [4.78, 5) is 4.09. The monoisotopic (exact) mass is 448 g/mol. The van der Waals surface area contributed by atoms with Crippen molar-refractivity contribution in [3.05, 3.63) is 52.8 Å². The number of hydrogen-bond donors (Lipinski definition) is 1. The smallest absolute Gasteiger partial charge is 0.180 e. The molecule has 0 saturated heterocycles. The van der Waals surface area contributed by atoms with Crippen molar-refractivity contribution in [1.29, 1.82) is 0 Å². The molecule has 28 heavy (non-hydrogen) atoms. The van der Waals surface area contributed by atoms with Crippen LogP contribution in [0.1, 0.15) is 50.2 Å². The Bertz CT molecular complexity index is 658. The van der Waals surface area contributed by atoms with E-state index >= 15 is 0 Å². The molecule has 0 amide bonds. The van der Waals surface area contributed by atoms with E-state index in [1.807, 2.05) is 24.3 Å². The summed E-state index contributed by atoms with van der Waals surface area (Å²) in [6.45, 7) is 4.43. The van der Waals surface area contributed by atoms with E-state index in [4.69, 9.17) is 21.1 Å². The molecule has 0 radical (unpaired) electrons. The number of nitrogens with one attached hydrogen (secondary N) is 1. The molecule has 0 spiro atoms. The first kappa shape index (κ1) is 26.8. The Labute approximate surface area is 186 Å². The topological polar surface area (TPSA) is 43.4 Å². The molecule has 0 bridgehead atoms. The predicted molar refractivity (Wildman–Crippen MR) is 122 cm³/mol.